The summed E-state index contributed by atoms with van der Waals surface area (Å²) in [5, 5.41) is 8.75. The van der Waals surface area contributed by atoms with Gasteiger partial charge in [0, 0.05) is 11.8 Å². The average molecular weight is 166 g/mol. The number of aliphatic carboxylic acids is 1. The summed E-state index contributed by atoms with van der Waals surface area (Å²) in [4.78, 5) is 21.9. The molecule has 3 nitrogen and oxygen atoms in total. The van der Waals surface area contributed by atoms with E-state index in [1.807, 2.05) is 12.2 Å². The maximum atomic E-state index is 11.3. The van der Waals surface area contributed by atoms with Crippen molar-refractivity contribution in [1.29, 1.82) is 0 Å². The first-order chi connectivity index (χ1) is 5.68. The predicted octanol–water partition coefficient (Wildman–Crippen LogP) is 0.852. The lowest BCUT2D eigenvalue weighted by Crippen LogP contribution is -2.30. The van der Waals surface area contributed by atoms with E-state index in [1.165, 1.54) is 0 Å². The van der Waals surface area contributed by atoms with Gasteiger partial charge in [0.2, 0.25) is 0 Å². The number of Topliss-reactive ketones (excluding diaryl/α,β-unsaturated/α-hetero) is 1. The number of allylic oxidation sites excluding steroid dienone is 2. The van der Waals surface area contributed by atoms with Gasteiger partial charge in [0.1, 0.15) is 5.78 Å². The molecular formula is C9H10O3. The molecule has 1 fully saturated rings. The van der Waals surface area contributed by atoms with Gasteiger partial charge in [0.25, 0.3) is 0 Å². The van der Waals surface area contributed by atoms with Gasteiger partial charge in [-0.1, -0.05) is 12.2 Å². The van der Waals surface area contributed by atoms with E-state index in [2.05, 4.69) is 0 Å². The standard InChI is InChI=1S/C9H10O3/c10-8-5-1-2-6(8)4-7(3-5)9(11)12/h1-2,5-7H,3-4H2,(H,11,12). The van der Waals surface area contributed by atoms with E-state index >= 15 is 0 Å². The Labute approximate surface area is 70.1 Å². The quantitative estimate of drug-likeness (QED) is 0.587. The second-order valence-electron chi connectivity index (χ2n) is 3.51. The Morgan fingerprint density at radius 3 is 2.25 bits per heavy atom. The van der Waals surface area contributed by atoms with Gasteiger partial charge < -0.3 is 5.11 Å². The van der Waals surface area contributed by atoms with E-state index < -0.39 is 5.97 Å². The zero-order valence-electron chi connectivity index (χ0n) is 6.56. The smallest absolute Gasteiger partial charge is 0.306 e. The van der Waals surface area contributed by atoms with Crippen LogP contribution < -0.4 is 0 Å². The fraction of sp³-hybridized carbons (Fsp3) is 0.556. The Balaban J connectivity index is 2.15. The number of carbonyl (C=O) groups excluding carboxylic acids is 1. The zero-order valence-corrected chi connectivity index (χ0v) is 6.56. The maximum Gasteiger partial charge on any atom is 0.306 e. The first-order valence-electron chi connectivity index (χ1n) is 4.13. The second-order valence-corrected chi connectivity index (χ2v) is 3.51. The molecular weight excluding hydrogens is 156 g/mol. The molecule has 0 amide bonds. The Hall–Kier alpha value is -1.12. The van der Waals surface area contributed by atoms with Gasteiger partial charge in [-0.15, -0.1) is 0 Å². The van der Waals surface area contributed by atoms with Crippen molar-refractivity contribution in [2.75, 3.05) is 0 Å². The lowest BCUT2D eigenvalue weighted by atomic mass is 9.79. The molecule has 0 aliphatic heterocycles. The van der Waals surface area contributed by atoms with E-state index in [1.54, 1.807) is 0 Å². The highest BCUT2D eigenvalue weighted by Gasteiger charge is 2.40. The first-order valence-corrected chi connectivity index (χ1v) is 4.13. The Morgan fingerprint density at radius 2 is 1.83 bits per heavy atom. The fourth-order valence-electron chi connectivity index (χ4n) is 2.03. The molecule has 0 radical (unpaired) electrons. The average Bonchev–Trinajstić information content (AvgIpc) is 2.30. The van der Waals surface area contributed by atoms with Gasteiger partial charge in [-0.3, -0.25) is 9.59 Å². The molecule has 2 bridgehead atoms. The third-order valence-electron chi connectivity index (χ3n) is 2.73. The van der Waals surface area contributed by atoms with Crippen LogP contribution in [0.25, 0.3) is 0 Å². The van der Waals surface area contributed by atoms with Gasteiger partial charge in [0.15, 0.2) is 0 Å². The molecule has 3 heteroatoms. The lowest BCUT2D eigenvalue weighted by Gasteiger charge is -2.23. The minimum Gasteiger partial charge on any atom is -0.481 e. The van der Waals surface area contributed by atoms with Crippen LogP contribution in [-0.2, 0) is 9.59 Å². The number of carboxylic acids is 1. The van der Waals surface area contributed by atoms with Gasteiger partial charge in [-0.05, 0) is 12.8 Å². The monoisotopic (exact) mass is 166 g/mol. The normalized spacial score (nSPS) is 38.7. The highest BCUT2D eigenvalue weighted by Crippen LogP contribution is 2.37. The molecule has 1 N–H and O–H groups in total. The van der Waals surface area contributed by atoms with Crippen molar-refractivity contribution in [2.45, 2.75) is 12.8 Å². The van der Waals surface area contributed by atoms with Crippen LogP contribution in [0.3, 0.4) is 0 Å². The van der Waals surface area contributed by atoms with E-state index in [9.17, 15) is 9.59 Å². The predicted molar refractivity (Wildman–Crippen MR) is 41.5 cm³/mol. The molecule has 0 saturated heterocycles. The molecule has 2 aliphatic rings. The van der Waals surface area contributed by atoms with Crippen LogP contribution in [0.4, 0.5) is 0 Å². The molecule has 2 rings (SSSR count). The highest BCUT2D eigenvalue weighted by atomic mass is 16.4. The van der Waals surface area contributed by atoms with Crippen LogP contribution in [0.2, 0.25) is 0 Å². The fourth-order valence-corrected chi connectivity index (χ4v) is 2.03. The van der Waals surface area contributed by atoms with Crippen molar-refractivity contribution in [2.24, 2.45) is 17.8 Å². The minimum absolute atomic E-state index is 0.107. The van der Waals surface area contributed by atoms with E-state index in [-0.39, 0.29) is 23.5 Å². The van der Waals surface area contributed by atoms with Gasteiger partial charge in [0.05, 0.1) is 5.92 Å². The molecule has 0 spiro atoms. The molecule has 2 aliphatic carbocycles. The Kier molecular flexibility index (Phi) is 1.53. The number of rotatable bonds is 1. The summed E-state index contributed by atoms with van der Waals surface area (Å²) in [6.07, 6.45) is 4.72. The summed E-state index contributed by atoms with van der Waals surface area (Å²) in [5.41, 5.74) is 0. The summed E-state index contributed by atoms with van der Waals surface area (Å²) in [7, 11) is 0. The molecule has 1 saturated carbocycles. The van der Waals surface area contributed by atoms with Crippen molar-refractivity contribution in [3.05, 3.63) is 12.2 Å². The SMILES string of the molecule is O=C1C2C=CC1CC(C(=O)O)C2. The second kappa shape index (κ2) is 2.44. The van der Waals surface area contributed by atoms with Crippen molar-refractivity contribution < 1.29 is 14.7 Å². The van der Waals surface area contributed by atoms with Crippen molar-refractivity contribution in [3.63, 3.8) is 0 Å². The van der Waals surface area contributed by atoms with Gasteiger partial charge >= 0.3 is 5.97 Å². The zero-order chi connectivity index (χ0) is 8.72. The van der Waals surface area contributed by atoms with Gasteiger partial charge in [-0.25, -0.2) is 0 Å². The number of ketones is 1. The summed E-state index contributed by atoms with van der Waals surface area (Å²) in [6.45, 7) is 0. The number of hydrogen-bond donors (Lipinski definition) is 1. The summed E-state index contributed by atoms with van der Waals surface area (Å²) < 4.78 is 0. The van der Waals surface area contributed by atoms with Crippen LogP contribution in [-0.4, -0.2) is 16.9 Å². The van der Waals surface area contributed by atoms with Gasteiger partial charge in [-0.2, -0.15) is 0 Å². The summed E-state index contributed by atoms with van der Waals surface area (Å²) >= 11 is 0. The van der Waals surface area contributed by atoms with E-state index in [0.29, 0.717) is 12.8 Å². The first kappa shape index (κ1) is 7.53. The number of fused-ring (bicyclic) bond motifs is 2. The van der Waals surface area contributed by atoms with Crippen molar-refractivity contribution >= 4 is 11.8 Å². The molecule has 64 valence electrons. The van der Waals surface area contributed by atoms with Crippen LogP contribution in [0.1, 0.15) is 12.8 Å². The molecule has 0 aromatic heterocycles. The summed E-state index contributed by atoms with van der Waals surface area (Å²) in [6, 6.07) is 0. The molecule has 2 atom stereocenters. The Morgan fingerprint density at radius 1 is 1.33 bits per heavy atom. The largest absolute Gasteiger partial charge is 0.481 e. The third-order valence-corrected chi connectivity index (χ3v) is 2.73. The molecule has 0 aromatic rings. The van der Waals surface area contributed by atoms with E-state index in [4.69, 9.17) is 5.11 Å². The number of carboxylic acid groups (broad SMARTS) is 1. The number of carbonyl (C=O) groups is 2. The molecule has 0 heterocycles. The Bertz CT molecular complexity index is 249. The maximum absolute atomic E-state index is 11.3. The molecule has 0 aromatic carbocycles. The van der Waals surface area contributed by atoms with Crippen molar-refractivity contribution in [3.8, 4) is 0 Å². The lowest BCUT2D eigenvalue weighted by molar-refractivity contribution is -0.144. The van der Waals surface area contributed by atoms with Crippen molar-refractivity contribution in [1.82, 2.24) is 0 Å². The van der Waals surface area contributed by atoms with Crippen LogP contribution in [0.15, 0.2) is 12.2 Å². The van der Waals surface area contributed by atoms with Crippen LogP contribution >= 0.6 is 0 Å². The third kappa shape index (κ3) is 0.967. The van der Waals surface area contributed by atoms with Crippen LogP contribution in [0, 0.1) is 17.8 Å². The molecule has 2 unspecified atom stereocenters. The minimum atomic E-state index is -0.763. The topological polar surface area (TPSA) is 54.4 Å². The summed E-state index contributed by atoms with van der Waals surface area (Å²) in [5.74, 6) is -1.07. The number of hydrogen-bond acceptors (Lipinski definition) is 2. The molecule has 12 heavy (non-hydrogen) atoms. The highest BCUT2D eigenvalue weighted by molar-refractivity contribution is 5.91. The van der Waals surface area contributed by atoms with Crippen LogP contribution in [0.5, 0.6) is 0 Å². The van der Waals surface area contributed by atoms with E-state index in [0.717, 1.165) is 0 Å².